The quantitative estimate of drug-likeness (QED) is 0.400. The van der Waals surface area contributed by atoms with E-state index in [1.165, 1.54) is 12.4 Å². The van der Waals surface area contributed by atoms with Crippen LogP contribution in [-0.2, 0) is 17.5 Å². The lowest BCUT2D eigenvalue weighted by Gasteiger charge is -2.12. The third kappa shape index (κ3) is 4.61. The summed E-state index contributed by atoms with van der Waals surface area (Å²) in [5.41, 5.74) is 1.79. The minimum absolute atomic E-state index is 0.0775. The molecule has 0 fully saturated rings. The van der Waals surface area contributed by atoms with E-state index in [0.717, 1.165) is 28.8 Å². The van der Waals surface area contributed by atoms with E-state index in [1.54, 1.807) is 18.3 Å². The Morgan fingerprint density at radius 3 is 2.77 bits per heavy atom. The van der Waals surface area contributed by atoms with Crippen LogP contribution in [0.4, 0.5) is 23.7 Å². The number of halogens is 4. The van der Waals surface area contributed by atoms with Crippen LogP contribution >= 0.6 is 11.6 Å². The van der Waals surface area contributed by atoms with Crippen LogP contribution in [0.5, 0.6) is 0 Å². The summed E-state index contributed by atoms with van der Waals surface area (Å²) in [7, 11) is 0. The number of benzene rings is 2. The van der Waals surface area contributed by atoms with Gasteiger partial charge in [-0.1, -0.05) is 29.8 Å². The zero-order valence-corrected chi connectivity index (χ0v) is 16.5. The van der Waals surface area contributed by atoms with E-state index in [4.69, 9.17) is 16.3 Å². The number of amides is 1. The van der Waals surface area contributed by atoms with Crippen molar-refractivity contribution in [3.63, 3.8) is 0 Å². The number of H-pyrrole nitrogens is 1. The van der Waals surface area contributed by atoms with Crippen LogP contribution in [0.15, 0.2) is 61.1 Å². The van der Waals surface area contributed by atoms with Crippen molar-refractivity contribution in [2.45, 2.75) is 12.8 Å². The molecule has 0 bridgehead atoms. The summed E-state index contributed by atoms with van der Waals surface area (Å²) in [5.74, 6) is 0. The zero-order chi connectivity index (χ0) is 22.0. The SMILES string of the molecule is O=C(Nc1ccc(Cl)c(C(F)(F)F)c1)OCc1cccc(-c2ncnc3[nH]ccc23)c1. The van der Waals surface area contributed by atoms with E-state index in [1.807, 2.05) is 18.2 Å². The number of aromatic nitrogens is 3. The van der Waals surface area contributed by atoms with Crippen molar-refractivity contribution in [1.82, 2.24) is 15.0 Å². The fraction of sp³-hybridized carbons (Fsp3) is 0.0952. The van der Waals surface area contributed by atoms with E-state index < -0.39 is 22.9 Å². The molecule has 158 valence electrons. The summed E-state index contributed by atoms with van der Waals surface area (Å²) in [4.78, 5) is 23.5. The van der Waals surface area contributed by atoms with Gasteiger partial charge in [0.2, 0.25) is 0 Å². The average molecular weight is 447 g/mol. The third-order valence-corrected chi connectivity index (χ3v) is 4.77. The van der Waals surface area contributed by atoms with Gasteiger partial charge in [-0.2, -0.15) is 13.2 Å². The fourth-order valence-corrected chi connectivity index (χ4v) is 3.26. The highest BCUT2D eigenvalue weighted by Gasteiger charge is 2.33. The van der Waals surface area contributed by atoms with Gasteiger partial charge in [-0.3, -0.25) is 5.32 Å². The number of nitrogens with one attached hydrogen (secondary N) is 2. The highest BCUT2D eigenvalue weighted by Crippen LogP contribution is 2.36. The number of hydrogen-bond acceptors (Lipinski definition) is 4. The molecule has 0 aliphatic heterocycles. The van der Waals surface area contributed by atoms with E-state index in [2.05, 4.69) is 20.3 Å². The number of rotatable bonds is 4. The molecule has 0 aliphatic carbocycles. The number of hydrogen-bond donors (Lipinski definition) is 2. The first-order chi connectivity index (χ1) is 14.8. The second kappa shape index (κ2) is 8.27. The van der Waals surface area contributed by atoms with E-state index in [9.17, 15) is 18.0 Å². The van der Waals surface area contributed by atoms with E-state index >= 15 is 0 Å². The summed E-state index contributed by atoms with van der Waals surface area (Å²) < 4.78 is 44.0. The molecule has 10 heteroatoms. The molecule has 2 N–H and O–H groups in total. The van der Waals surface area contributed by atoms with Gasteiger partial charge in [-0.25, -0.2) is 14.8 Å². The first kappa shape index (κ1) is 20.7. The standard InChI is InChI=1S/C21H14ClF3N4O2/c22-17-5-4-14(9-16(17)21(23,24)25)29-20(30)31-10-12-2-1-3-13(8-12)18-15-6-7-26-19(15)28-11-27-18/h1-9,11H,10H2,(H,29,30)(H,26,27,28). The highest BCUT2D eigenvalue weighted by atomic mass is 35.5. The Balaban J connectivity index is 1.45. The van der Waals surface area contributed by atoms with Crippen molar-refractivity contribution in [3.8, 4) is 11.3 Å². The summed E-state index contributed by atoms with van der Waals surface area (Å²) in [6, 6.07) is 12.2. The second-order valence-electron chi connectivity index (χ2n) is 6.56. The predicted molar refractivity (Wildman–Crippen MR) is 110 cm³/mol. The maximum atomic E-state index is 13.0. The number of ether oxygens (including phenoxy) is 1. The van der Waals surface area contributed by atoms with Crippen molar-refractivity contribution in [3.05, 3.63) is 77.2 Å². The molecule has 4 rings (SSSR count). The lowest BCUT2D eigenvalue weighted by Crippen LogP contribution is -2.14. The highest BCUT2D eigenvalue weighted by molar-refractivity contribution is 6.31. The Kier molecular flexibility index (Phi) is 5.51. The number of carbonyl (C=O) groups is 1. The minimum atomic E-state index is -4.63. The largest absolute Gasteiger partial charge is 0.444 e. The number of carbonyl (C=O) groups excluding carboxylic acids is 1. The zero-order valence-electron chi connectivity index (χ0n) is 15.7. The number of alkyl halides is 3. The fourth-order valence-electron chi connectivity index (χ4n) is 3.03. The molecule has 31 heavy (non-hydrogen) atoms. The van der Waals surface area contributed by atoms with Gasteiger partial charge in [0.1, 0.15) is 18.6 Å². The molecule has 4 aromatic rings. The molecule has 0 unspecified atom stereocenters. The van der Waals surface area contributed by atoms with Crippen molar-refractivity contribution < 1.29 is 22.7 Å². The first-order valence-corrected chi connectivity index (χ1v) is 9.37. The maximum Gasteiger partial charge on any atom is 0.417 e. The van der Waals surface area contributed by atoms with E-state index in [0.29, 0.717) is 11.2 Å². The Hall–Kier alpha value is -3.59. The molecule has 0 aliphatic rings. The van der Waals surface area contributed by atoms with Crippen LogP contribution in [0, 0.1) is 0 Å². The molecule has 0 radical (unpaired) electrons. The van der Waals surface area contributed by atoms with Crippen LogP contribution in [0.25, 0.3) is 22.3 Å². The molecular weight excluding hydrogens is 433 g/mol. The predicted octanol–water partition coefficient (Wildman–Crippen LogP) is 6.05. The molecule has 0 saturated carbocycles. The van der Waals surface area contributed by atoms with Crippen LogP contribution in [0.1, 0.15) is 11.1 Å². The number of nitrogens with zero attached hydrogens (tertiary/aromatic N) is 2. The summed E-state index contributed by atoms with van der Waals surface area (Å²) in [6.07, 6.45) is -2.31. The van der Waals surface area contributed by atoms with E-state index in [-0.39, 0.29) is 12.3 Å². The molecular formula is C21H14ClF3N4O2. The van der Waals surface area contributed by atoms with Crippen molar-refractivity contribution >= 4 is 34.4 Å². The Morgan fingerprint density at radius 1 is 1.13 bits per heavy atom. The molecule has 2 aromatic carbocycles. The average Bonchev–Trinajstić information content (AvgIpc) is 3.22. The van der Waals surface area contributed by atoms with Gasteiger partial charge >= 0.3 is 12.3 Å². The van der Waals surface area contributed by atoms with Crippen LogP contribution in [0.3, 0.4) is 0 Å². The molecule has 0 spiro atoms. The minimum Gasteiger partial charge on any atom is -0.444 e. The Labute approximate surface area is 179 Å². The van der Waals surface area contributed by atoms with Crippen molar-refractivity contribution in [1.29, 1.82) is 0 Å². The molecule has 0 saturated heterocycles. The Morgan fingerprint density at radius 2 is 1.97 bits per heavy atom. The monoisotopic (exact) mass is 446 g/mol. The summed E-state index contributed by atoms with van der Waals surface area (Å²) in [5, 5.41) is 2.67. The topological polar surface area (TPSA) is 79.9 Å². The smallest absolute Gasteiger partial charge is 0.417 e. The molecule has 0 atom stereocenters. The lowest BCUT2D eigenvalue weighted by atomic mass is 10.1. The van der Waals surface area contributed by atoms with Gasteiger partial charge in [0, 0.05) is 22.8 Å². The van der Waals surface area contributed by atoms with Crippen LogP contribution < -0.4 is 5.32 Å². The lowest BCUT2D eigenvalue weighted by molar-refractivity contribution is -0.137. The molecule has 2 aromatic heterocycles. The van der Waals surface area contributed by atoms with Crippen molar-refractivity contribution in [2.24, 2.45) is 0 Å². The van der Waals surface area contributed by atoms with Gasteiger partial charge in [0.05, 0.1) is 16.3 Å². The summed E-state index contributed by atoms with van der Waals surface area (Å²) >= 11 is 5.58. The third-order valence-electron chi connectivity index (χ3n) is 4.44. The van der Waals surface area contributed by atoms with Gasteiger partial charge in [-0.15, -0.1) is 0 Å². The molecule has 2 heterocycles. The Bertz CT molecular complexity index is 1260. The van der Waals surface area contributed by atoms with Crippen LogP contribution in [0.2, 0.25) is 5.02 Å². The first-order valence-electron chi connectivity index (χ1n) is 8.99. The molecule has 6 nitrogen and oxygen atoms in total. The van der Waals surface area contributed by atoms with Gasteiger partial charge in [0.25, 0.3) is 0 Å². The number of fused-ring (bicyclic) bond motifs is 1. The number of anilines is 1. The number of aromatic amines is 1. The van der Waals surface area contributed by atoms with Gasteiger partial charge in [0.15, 0.2) is 0 Å². The van der Waals surface area contributed by atoms with Gasteiger partial charge in [-0.05, 0) is 35.9 Å². The second-order valence-corrected chi connectivity index (χ2v) is 6.96. The van der Waals surface area contributed by atoms with Crippen LogP contribution in [-0.4, -0.2) is 21.0 Å². The summed E-state index contributed by atoms with van der Waals surface area (Å²) in [6.45, 7) is -0.0826. The van der Waals surface area contributed by atoms with Gasteiger partial charge < -0.3 is 9.72 Å². The normalized spacial score (nSPS) is 11.5. The van der Waals surface area contributed by atoms with Crippen molar-refractivity contribution in [2.75, 3.05) is 5.32 Å². The maximum absolute atomic E-state index is 13.0. The molecule has 1 amide bonds.